The Hall–Kier alpha value is -1.10. The lowest BCUT2D eigenvalue weighted by Gasteiger charge is -2.58. The summed E-state index contributed by atoms with van der Waals surface area (Å²) in [4.78, 5) is 0. The van der Waals surface area contributed by atoms with E-state index in [2.05, 4.69) is 40.7 Å². The van der Waals surface area contributed by atoms with Gasteiger partial charge in [-0.15, -0.1) is 0 Å². The van der Waals surface area contributed by atoms with Crippen molar-refractivity contribution in [1.29, 1.82) is 0 Å². The Morgan fingerprint density at radius 1 is 0.597 bits per heavy atom. The first-order chi connectivity index (χ1) is 33.9. The molecule has 0 radical (unpaired) electrons. The van der Waals surface area contributed by atoms with Gasteiger partial charge in [0.25, 0.3) is 0 Å². The molecule has 0 amide bonds. The van der Waals surface area contributed by atoms with E-state index in [0.717, 1.165) is 32.1 Å². The number of allylic oxidation sites excluding steroid dienone is 1. The van der Waals surface area contributed by atoms with Crippen LogP contribution < -0.4 is 0 Å². The summed E-state index contributed by atoms with van der Waals surface area (Å²) in [6.45, 7) is 12.6. The number of aliphatic hydroxyl groups is 13. The summed E-state index contributed by atoms with van der Waals surface area (Å²) in [5.41, 5.74) is 0.687. The maximum absolute atomic E-state index is 12.1. The van der Waals surface area contributed by atoms with Gasteiger partial charge in [-0.25, -0.2) is 0 Å². The van der Waals surface area contributed by atoms with Crippen molar-refractivity contribution < 1.29 is 104 Å². The quantitative estimate of drug-likeness (QED) is 0.0847. The lowest BCUT2D eigenvalue weighted by atomic mass is 9.47. The van der Waals surface area contributed by atoms with Crippen LogP contribution in [0, 0.1) is 46.3 Å². The van der Waals surface area contributed by atoms with Crippen LogP contribution in [0.15, 0.2) is 11.6 Å². The number of rotatable bonds is 15. The van der Waals surface area contributed by atoms with Crippen LogP contribution in [0.5, 0.6) is 0 Å². The van der Waals surface area contributed by atoms with E-state index >= 15 is 0 Å². The monoisotopic (exact) mass is 1030 g/mol. The third-order valence-electron chi connectivity index (χ3n) is 18.8. The fourth-order valence-electron chi connectivity index (χ4n) is 14.4. The zero-order valence-electron chi connectivity index (χ0n) is 42.7. The molecular weight excluding hydrogens is 949 g/mol. The second-order valence-corrected chi connectivity index (χ2v) is 23.6. The fraction of sp³-hybridized carbons (Fsp3) is 0.961. The zero-order chi connectivity index (χ0) is 52.5. The zero-order valence-corrected chi connectivity index (χ0v) is 42.7. The smallest absolute Gasteiger partial charge is 0.187 e. The van der Waals surface area contributed by atoms with Crippen LogP contribution >= 0.6 is 0 Å². The van der Waals surface area contributed by atoms with Crippen LogP contribution in [-0.4, -0.2) is 221 Å². The first kappa shape index (κ1) is 57.1. The van der Waals surface area contributed by atoms with Crippen LogP contribution in [0.3, 0.4) is 0 Å². The number of ether oxygens (including phenoxy) is 8. The van der Waals surface area contributed by atoms with Gasteiger partial charge in [-0.1, -0.05) is 46.3 Å². The van der Waals surface area contributed by atoms with E-state index in [1.165, 1.54) is 19.4 Å². The van der Waals surface area contributed by atoms with Crippen LogP contribution in [0.25, 0.3) is 0 Å². The van der Waals surface area contributed by atoms with Gasteiger partial charge in [0.2, 0.25) is 0 Å². The fourth-order valence-corrected chi connectivity index (χ4v) is 14.4. The third kappa shape index (κ3) is 10.6. The minimum absolute atomic E-state index is 0.144. The summed E-state index contributed by atoms with van der Waals surface area (Å²) in [6, 6.07) is 0. The van der Waals surface area contributed by atoms with E-state index in [9.17, 15) is 66.4 Å². The van der Waals surface area contributed by atoms with Gasteiger partial charge < -0.3 is 104 Å². The van der Waals surface area contributed by atoms with Gasteiger partial charge >= 0.3 is 0 Å². The van der Waals surface area contributed by atoms with Crippen molar-refractivity contribution in [3.63, 3.8) is 0 Å². The molecule has 8 rings (SSSR count). The molecule has 416 valence electrons. The molecule has 0 aromatic rings. The molecule has 7 fully saturated rings. The van der Waals surface area contributed by atoms with Crippen LogP contribution in [0.4, 0.5) is 0 Å². The summed E-state index contributed by atoms with van der Waals surface area (Å²) in [7, 11) is 0. The topological polar surface area (TPSA) is 337 Å². The molecule has 13 N–H and O–H groups in total. The van der Waals surface area contributed by atoms with E-state index in [0.29, 0.717) is 31.6 Å². The van der Waals surface area contributed by atoms with E-state index in [1.54, 1.807) is 0 Å². The van der Waals surface area contributed by atoms with Crippen molar-refractivity contribution in [1.82, 2.24) is 0 Å². The normalized spacial score (nSPS) is 52.8. The molecule has 8 aliphatic rings. The molecule has 30 atom stereocenters. The van der Waals surface area contributed by atoms with E-state index in [4.69, 9.17) is 37.9 Å². The molecule has 0 aromatic heterocycles. The molecule has 21 heteroatoms. The van der Waals surface area contributed by atoms with Crippen molar-refractivity contribution >= 4 is 0 Å². The Labute approximate surface area is 421 Å². The second kappa shape index (κ2) is 22.7. The van der Waals surface area contributed by atoms with Gasteiger partial charge in [0.1, 0.15) is 85.5 Å². The lowest BCUT2D eigenvalue weighted by molar-refractivity contribution is -0.388. The molecule has 4 heterocycles. The van der Waals surface area contributed by atoms with Gasteiger partial charge in [-0.3, -0.25) is 0 Å². The molecule has 4 aliphatic carbocycles. The van der Waals surface area contributed by atoms with Gasteiger partial charge in [0, 0.05) is 0 Å². The highest BCUT2D eigenvalue weighted by molar-refractivity contribution is 5.26. The maximum atomic E-state index is 12.1. The van der Waals surface area contributed by atoms with Gasteiger partial charge in [0.15, 0.2) is 25.2 Å². The first-order valence-electron chi connectivity index (χ1n) is 26.6. The Kier molecular flexibility index (Phi) is 18.0. The van der Waals surface area contributed by atoms with Crippen molar-refractivity contribution in [2.45, 2.75) is 247 Å². The maximum Gasteiger partial charge on any atom is 0.187 e. The molecule has 3 saturated carbocycles. The largest absolute Gasteiger partial charge is 0.394 e. The predicted octanol–water partition coefficient (Wildman–Crippen LogP) is -1.32. The summed E-state index contributed by atoms with van der Waals surface area (Å²) in [5.74, 6) is 0.712. The summed E-state index contributed by atoms with van der Waals surface area (Å²) in [5, 5.41) is 140. The molecule has 0 unspecified atom stereocenters. The molecule has 4 saturated heterocycles. The third-order valence-corrected chi connectivity index (χ3v) is 18.8. The lowest BCUT2D eigenvalue weighted by Crippen LogP contribution is -2.66. The SMILES string of the molecule is CC(C)CC[C@H](O)[C@@H](C)[C@@H]1[C@@H](O[C@H]2O[C@@H](CO)[C@H](O)[C@@H](O)[C@@H]2O)C[C@@H]2[C@H]3CC=C4C[C@H](O[C@H]5O[C@@H](CO)[C@H](O[C@H]6O[C@@H](C)[C@H](O)[C@@H](O)[C@@H]6O)[C@@H](O)[C@@H]5O[C@H]5O[C@@H](C)[C@H](O)[C@@H](O)[C@@H]5O)CC[C@]4(C)[C@H]3CC[C@@]12C. The predicted molar refractivity (Wildman–Crippen MR) is 250 cm³/mol. The molecule has 4 aliphatic heterocycles. The number of fused-ring (bicyclic) bond motifs is 5. The highest BCUT2D eigenvalue weighted by Crippen LogP contribution is 2.68. The van der Waals surface area contributed by atoms with Crippen molar-refractivity contribution in [3.8, 4) is 0 Å². The molecule has 21 nitrogen and oxygen atoms in total. The Balaban J connectivity index is 1.02. The second-order valence-electron chi connectivity index (χ2n) is 23.6. The van der Waals surface area contributed by atoms with Crippen LogP contribution in [0.1, 0.15) is 106 Å². The van der Waals surface area contributed by atoms with Gasteiger partial charge in [-0.05, 0) is 118 Å². The minimum atomic E-state index is -1.77. The highest BCUT2D eigenvalue weighted by Gasteiger charge is 2.64. The van der Waals surface area contributed by atoms with Crippen molar-refractivity contribution in [2.75, 3.05) is 13.2 Å². The molecule has 0 spiro atoms. The van der Waals surface area contributed by atoms with E-state index < -0.39 is 154 Å². The first-order valence-corrected chi connectivity index (χ1v) is 26.6. The number of hydrogen-bond donors (Lipinski definition) is 13. The molecule has 72 heavy (non-hydrogen) atoms. The highest BCUT2D eigenvalue weighted by atomic mass is 16.8. The Morgan fingerprint density at radius 3 is 1.74 bits per heavy atom. The molecule has 0 aromatic carbocycles. The van der Waals surface area contributed by atoms with Crippen LogP contribution in [-0.2, 0) is 37.9 Å². The van der Waals surface area contributed by atoms with Crippen LogP contribution in [0.2, 0.25) is 0 Å². The average Bonchev–Trinajstić information content (AvgIpc) is 3.65. The van der Waals surface area contributed by atoms with E-state index in [1.807, 2.05) is 0 Å². The number of hydrogen-bond acceptors (Lipinski definition) is 21. The van der Waals surface area contributed by atoms with Crippen molar-refractivity contribution in [3.05, 3.63) is 11.6 Å². The van der Waals surface area contributed by atoms with Gasteiger partial charge in [-0.2, -0.15) is 0 Å². The Morgan fingerprint density at radius 2 is 1.15 bits per heavy atom. The standard InChI is InChI=1S/C51H86O21/c1-20(2)8-11-29(54)21(3)33-30(68-48-42(63)39(60)36(57)31(18-52)69-48)17-28-26-10-9-24-16-25(12-14-50(24,6)27(26)13-15-51(28,33)7)67-49-45(72-47-41(62)38(59)35(56)23(5)66-47)43(64)44(32(19-53)70-49)71-46-40(61)37(58)34(55)22(4)65-46/h9,20-23,25-49,52-64H,8,10-19H2,1-7H3/t21-,22+,23+,25-,26+,27+,28-,29+,30+,31+,32+,33-,34+,35+,36+,37-,38-,39-,40+,41+,42+,43-,44+,45+,46-,47-,48+,49+,50+,51-/m1/s1. The summed E-state index contributed by atoms with van der Waals surface area (Å²) >= 11 is 0. The molecular formula is C51H86O21. The van der Waals surface area contributed by atoms with Gasteiger partial charge in [0.05, 0.1) is 43.7 Å². The van der Waals surface area contributed by atoms with Crippen molar-refractivity contribution in [2.24, 2.45) is 46.3 Å². The average molecular weight is 1040 g/mol. The summed E-state index contributed by atoms with van der Waals surface area (Å²) < 4.78 is 49.2. The summed E-state index contributed by atoms with van der Waals surface area (Å²) in [6.07, 6.45) is -22.4. The Bertz CT molecular complexity index is 1810. The van der Waals surface area contributed by atoms with E-state index in [-0.39, 0.29) is 40.4 Å². The number of aliphatic hydroxyl groups excluding tert-OH is 13. The minimum Gasteiger partial charge on any atom is -0.394 e. The molecule has 0 bridgehead atoms.